The van der Waals surface area contributed by atoms with Crippen LogP contribution >= 0.6 is 0 Å². The number of hydrogen-bond acceptors (Lipinski definition) is 4. The van der Waals surface area contributed by atoms with Crippen LogP contribution in [0.4, 0.5) is 0 Å². The van der Waals surface area contributed by atoms with Crippen LogP contribution < -0.4 is 0 Å². The van der Waals surface area contributed by atoms with Crippen molar-refractivity contribution in [2.24, 2.45) is 0 Å². The molecule has 106 valence electrons. The van der Waals surface area contributed by atoms with Crippen molar-refractivity contribution in [3.8, 4) is 0 Å². The number of nitrogens with zero attached hydrogens (tertiary/aromatic N) is 1. The summed E-state index contributed by atoms with van der Waals surface area (Å²) in [6.07, 6.45) is 0. The van der Waals surface area contributed by atoms with E-state index >= 15 is 0 Å². The van der Waals surface area contributed by atoms with E-state index in [9.17, 15) is 13.2 Å². The van der Waals surface area contributed by atoms with Crippen LogP contribution in [0.3, 0.4) is 0 Å². The summed E-state index contributed by atoms with van der Waals surface area (Å²) in [7, 11) is -3.65. The van der Waals surface area contributed by atoms with Crippen molar-refractivity contribution < 1.29 is 17.9 Å². The number of ether oxygens (including phenoxy) is 1. The molecule has 1 aromatic carbocycles. The lowest BCUT2D eigenvalue weighted by molar-refractivity contribution is -0.143. The average Bonchev–Trinajstić information content (AvgIpc) is 2.36. The van der Waals surface area contributed by atoms with Crippen molar-refractivity contribution in [2.75, 3.05) is 19.7 Å². The second-order valence-corrected chi connectivity index (χ2v) is 5.99. The third-order valence-corrected chi connectivity index (χ3v) is 4.56. The number of carbonyl (C=O) groups excluding carboxylic acids is 1. The van der Waals surface area contributed by atoms with E-state index in [0.717, 1.165) is 9.87 Å². The minimum absolute atomic E-state index is 0.184. The third kappa shape index (κ3) is 4.04. The molecule has 0 fully saturated rings. The number of likely N-dealkylation sites (N-methyl/N-ethyl adjacent to an activating group) is 1. The second-order valence-electron chi connectivity index (χ2n) is 4.05. The molecule has 0 radical (unpaired) electrons. The lowest BCUT2D eigenvalue weighted by Crippen LogP contribution is -2.36. The van der Waals surface area contributed by atoms with Crippen LogP contribution in [0.2, 0.25) is 0 Å². The fraction of sp³-hybridized carbons (Fsp3) is 0.462. The predicted molar refractivity (Wildman–Crippen MR) is 72.2 cm³/mol. The summed E-state index contributed by atoms with van der Waals surface area (Å²) in [5, 5.41) is 0. The number of carbonyl (C=O) groups is 1. The fourth-order valence-electron chi connectivity index (χ4n) is 1.58. The van der Waals surface area contributed by atoms with Gasteiger partial charge in [-0.2, -0.15) is 4.31 Å². The number of rotatable bonds is 6. The summed E-state index contributed by atoms with van der Waals surface area (Å²) in [5.41, 5.74) is 0.979. The van der Waals surface area contributed by atoms with Gasteiger partial charge in [-0.25, -0.2) is 8.42 Å². The maximum atomic E-state index is 12.3. The Morgan fingerprint density at radius 3 is 2.26 bits per heavy atom. The Morgan fingerprint density at radius 1 is 1.21 bits per heavy atom. The highest BCUT2D eigenvalue weighted by Gasteiger charge is 2.25. The number of hydrogen-bond donors (Lipinski definition) is 0. The first-order valence-electron chi connectivity index (χ1n) is 6.14. The van der Waals surface area contributed by atoms with Gasteiger partial charge in [0.05, 0.1) is 11.5 Å². The van der Waals surface area contributed by atoms with Crippen LogP contribution in [0.15, 0.2) is 29.2 Å². The first kappa shape index (κ1) is 15.7. The van der Waals surface area contributed by atoms with Gasteiger partial charge in [0.25, 0.3) is 0 Å². The molecule has 0 aliphatic rings. The Balaban J connectivity index is 2.95. The van der Waals surface area contributed by atoms with E-state index in [1.807, 2.05) is 6.92 Å². The molecule has 0 aromatic heterocycles. The fourth-order valence-corrected chi connectivity index (χ4v) is 2.97. The highest BCUT2D eigenvalue weighted by Crippen LogP contribution is 2.16. The Hall–Kier alpha value is -1.40. The Labute approximate surface area is 114 Å². The number of benzene rings is 1. The molecule has 1 rings (SSSR count). The van der Waals surface area contributed by atoms with Gasteiger partial charge >= 0.3 is 5.97 Å². The molecular formula is C13H19NO4S. The minimum atomic E-state index is -3.65. The van der Waals surface area contributed by atoms with Gasteiger partial charge in [-0.3, -0.25) is 4.79 Å². The predicted octanol–water partition coefficient (Wildman–Crippen LogP) is 1.57. The Morgan fingerprint density at radius 2 is 1.79 bits per heavy atom. The van der Waals surface area contributed by atoms with E-state index in [4.69, 9.17) is 4.74 Å². The van der Waals surface area contributed by atoms with Gasteiger partial charge in [-0.15, -0.1) is 0 Å². The third-order valence-electron chi connectivity index (χ3n) is 2.62. The molecule has 0 aliphatic carbocycles. The van der Waals surface area contributed by atoms with E-state index in [0.29, 0.717) is 0 Å². The first-order valence-corrected chi connectivity index (χ1v) is 7.58. The van der Waals surface area contributed by atoms with Gasteiger partial charge in [0.1, 0.15) is 6.54 Å². The molecule has 19 heavy (non-hydrogen) atoms. The van der Waals surface area contributed by atoms with Gasteiger partial charge in [0.15, 0.2) is 0 Å². The smallest absolute Gasteiger partial charge is 0.321 e. The van der Waals surface area contributed by atoms with Crippen molar-refractivity contribution in [1.29, 1.82) is 0 Å². The summed E-state index contributed by atoms with van der Waals surface area (Å²) < 4.78 is 30.6. The average molecular weight is 285 g/mol. The topological polar surface area (TPSA) is 63.7 Å². The van der Waals surface area contributed by atoms with Gasteiger partial charge in [0.2, 0.25) is 10.0 Å². The molecule has 0 saturated heterocycles. The summed E-state index contributed by atoms with van der Waals surface area (Å²) in [4.78, 5) is 11.6. The Bertz CT molecular complexity index is 522. The zero-order valence-electron chi connectivity index (χ0n) is 11.4. The number of aryl methyl sites for hydroxylation is 1. The van der Waals surface area contributed by atoms with Crippen LogP contribution in [-0.2, 0) is 19.6 Å². The van der Waals surface area contributed by atoms with Gasteiger partial charge < -0.3 is 4.74 Å². The molecule has 0 heterocycles. The number of esters is 1. The van der Waals surface area contributed by atoms with Crippen LogP contribution in [0.25, 0.3) is 0 Å². The van der Waals surface area contributed by atoms with E-state index in [-0.39, 0.29) is 24.6 Å². The molecule has 0 saturated carbocycles. The highest BCUT2D eigenvalue weighted by molar-refractivity contribution is 7.89. The van der Waals surface area contributed by atoms with Crippen LogP contribution in [0.5, 0.6) is 0 Å². The summed E-state index contributed by atoms with van der Waals surface area (Å²) in [6, 6.07) is 6.53. The molecular weight excluding hydrogens is 266 g/mol. The van der Waals surface area contributed by atoms with Gasteiger partial charge in [0, 0.05) is 6.54 Å². The number of sulfonamides is 1. The molecule has 0 unspecified atom stereocenters. The van der Waals surface area contributed by atoms with Gasteiger partial charge in [-0.05, 0) is 26.0 Å². The maximum Gasteiger partial charge on any atom is 0.321 e. The Kier molecular flexibility index (Phi) is 5.50. The maximum absolute atomic E-state index is 12.3. The normalized spacial score (nSPS) is 11.6. The first-order chi connectivity index (χ1) is 8.91. The molecule has 6 heteroatoms. The molecule has 0 N–H and O–H groups in total. The van der Waals surface area contributed by atoms with E-state index in [1.165, 1.54) is 0 Å². The summed E-state index contributed by atoms with van der Waals surface area (Å²) in [5.74, 6) is -0.542. The highest BCUT2D eigenvalue weighted by atomic mass is 32.2. The molecule has 5 nitrogen and oxygen atoms in total. The lowest BCUT2D eigenvalue weighted by Gasteiger charge is -2.19. The monoisotopic (exact) mass is 285 g/mol. The molecule has 0 atom stereocenters. The van der Waals surface area contributed by atoms with E-state index in [2.05, 4.69) is 0 Å². The van der Waals surface area contributed by atoms with Crippen molar-refractivity contribution in [3.63, 3.8) is 0 Å². The van der Waals surface area contributed by atoms with Crippen molar-refractivity contribution >= 4 is 16.0 Å². The van der Waals surface area contributed by atoms with Crippen molar-refractivity contribution in [1.82, 2.24) is 4.31 Å². The molecule has 1 aromatic rings. The SMILES string of the molecule is CCOC(=O)CN(CC)S(=O)(=O)c1ccc(C)cc1. The standard InChI is InChI=1S/C13H19NO4S/c1-4-14(10-13(15)18-5-2)19(16,17)12-8-6-11(3)7-9-12/h6-9H,4-5,10H2,1-3H3. The van der Waals surface area contributed by atoms with E-state index in [1.54, 1.807) is 38.1 Å². The molecule has 0 aliphatic heterocycles. The quantitative estimate of drug-likeness (QED) is 0.744. The zero-order valence-corrected chi connectivity index (χ0v) is 12.2. The lowest BCUT2D eigenvalue weighted by atomic mass is 10.2. The van der Waals surface area contributed by atoms with Crippen LogP contribution in [0.1, 0.15) is 19.4 Å². The van der Waals surface area contributed by atoms with Gasteiger partial charge in [-0.1, -0.05) is 24.6 Å². The molecule has 0 bridgehead atoms. The zero-order chi connectivity index (χ0) is 14.5. The summed E-state index contributed by atoms with van der Waals surface area (Å²) >= 11 is 0. The van der Waals surface area contributed by atoms with Crippen LogP contribution in [-0.4, -0.2) is 38.4 Å². The van der Waals surface area contributed by atoms with Crippen LogP contribution in [0, 0.1) is 6.92 Å². The van der Waals surface area contributed by atoms with Crippen molar-refractivity contribution in [2.45, 2.75) is 25.7 Å². The minimum Gasteiger partial charge on any atom is -0.465 e. The van der Waals surface area contributed by atoms with Crippen molar-refractivity contribution in [3.05, 3.63) is 29.8 Å². The molecule has 0 amide bonds. The van der Waals surface area contributed by atoms with E-state index < -0.39 is 16.0 Å². The second kappa shape index (κ2) is 6.68. The molecule has 0 spiro atoms. The summed E-state index contributed by atoms with van der Waals surface area (Å²) in [6.45, 7) is 5.44. The largest absolute Gasteiger partial charge is 0.465 e.